The summed E-state index contributed by atoms with van der Waals surface area (Å²) in [6.07, 6.45) is 0. The lowest BCUT2D eigenvalue weighted by atomic mass is 10.3. The van der Waals surface area contributed by atoms with Crippen molar-refractivity contribution in [3.8, 4) is 0 Å². The molecule has 1 N–H and O–H groups in total. The molecule has 0 bridgehead atoms. The number of anilines is 1. The Morgan fingerprint density at radius 2 is 1.35 bits per heavy atom. The van der Waals surface area contributed by atoms with Gasteiger partial charge in [0.15, 0.2) is 0 Å². The summed E-state index contributed by atoms with van der Waals surface area (Å²) in [5, 5.41) is 3.84. The van der Waals surface area contributed by atoms with Crippen LogP contribution >= 0.6 is 23.2 Å². The first-order chi connectivity index (χ1) is 12.4. The molecule has 2 amide bonds. The average molecular weight is 414 g/mol. The summed E-state index contributed by atoms with van der Waals surface area (Å²) in [4.78, 5) is 14.1. The van der Waals surface area contributed by atoms with Gasteiger partial charge in [-0.2, -0.15) is 4.31 Å². The van der Waals surface area contributed by atoms with Gasteiger partial charge < -0.3 is 10.2 Å². The summed E-state index contributed by atoms with van der Waals surface area (Å²) in [5.74, 6) is 0. The second kappa shape index (κ2) is 7.84. The van der Waals surface area contributed by atoms with E-state index in [2.05, 4.69) is 5.32 Å². The van der Waals surface area contributed by atoms with Crippen LogP contribution in [-0.4, -0.2) is 49.8 Å². The van der Waals surface area contributed by atoms with E-state index in [0.717, 1.165) is 0 Å². The number of sulfonamides is 1. The van der Waals surface area contributed by atoms with E-state index in [-0.39, 0.29) is 24.0 Å². The molecule has 6 nitrogen and oxygen atoms in total. The van der Waals surface area contributed by atoms with Crippen LogP contribution in [0.3, 0.4) is 0 Å². The maximum absolute atomic E-state index is 12.6. The summed E-state index contributed by atoms with van der Waals surface area (Å²) in [5.41, 5.74) is 0.635. The van der Waals surface area contributed by atoms with Crippen LogP contribution in [0.1, 0.15) is 0 Å². The van der Waals surface area contributed by atoms with Crippen LogP contribution in [0.25, 0.3) is 0 Å². The number of urea groups is 1. The van der Waals surface area contributed by atoms with Crippen molar-refractivity contribution in [2.45, 2.75) is 4.90 Å². The number of piperazine rings is 1. The molecule has 1 aliphatic heterocycles. The van der Waals surface area contributed by atoms with Gasteiger partial charge in [0, 0.05) is 41.9 Å². The maximum atomic E-state index is 12.6. The molecule has 0 aliphatic carbocycles. The van der Waals surface area contributed by atoms with E-state index >= 15 is 0 Å². The number of halogens is 2. The highest BCUT2D eigenvalue weighted by molar-refractivity contribution is 7.89. The van der Waals surface area contributed by atoms with Crippen molar-refractivity contribution in [3.05, 3.63) is 58.6 Å². The van der Waals surface area contributed by atoms with Crippen molar-refractivity contribution in [2.75, 3.05) is 31.5 Å². The first-order valence-electron chi connectivity index (χ1n) is 7.93. The number of hydrogen-bond acceptors (Lipinski definition) is 3. The van der Waals surface area contributed by atoms with Gasteiger partial charge in [-0.3, -0.25) is 0 Å². The van der Waals surface area contributed by atoms with Gasteiger partial charge >= 0.3 is 6.03 Å². The molecule has 138 valence electrons. The Kier molecular flexibility index (Phi) is 5.72. The monoisotopic (exact) mass is 413 g/mol. The van der Waals surface area contributed by atoms with Gasteiger partial charge in [-0.1, -0.05) is 23.2 Å². The van der Waals surface area contributed by atoms with Crippen LogP contribution in [0.5, 0.6) is 0 Å². The second-order valence-electron chi connectivity index (χ2n) is 5.78. The standard InChI is InChI=1S/C17H17Cl2N3O3S/c18-13-1-5-15(6-2-13)20-17(23)21-9-11-22(12-10-21)26(24,25)16-7-3-14(19)4-8-16/h1-8H,9-12H2,(H,20,23). The van der Waals surface area contributed by atoms with E-state index in [0.29, 0.717) is 28.8 Å². The van der Waals surface area contributed by atoms with Gasteiger partial charge in [0.05, 0.1) is 4.90 Å². The fraction of sp³-hybridized carbons (Fsp3) is 0.235. The van der Waals surface area contributed by atoms with Crippen molar-refractivity contribution in [2.24, 2.45) is 0 Å². The van der Waals surface area contributed by atoms with Crippen LogP contribution in [0, 0.1) is 0 Å². The van der Waals surface area contributed by atoms with Crippen molar-refractivity contribution in [1.29, 1.82) is 0 Å². The first kappa shape index (κ1) is 19.0. The predicted octanol–water partition coefficient (Wildman–Crippen LogP) is 3.53. The van der Waals surface area contributed by atoms with E-state index in [1.54, 1.807) is 41.3 Å². The second-order valence-corrected chi connectivity index (χ2v) is 8.59. The molecule has 2 aromatic carbocycles. The minimum absolute atomic E-state index is 0.195. The number of rotatable bonds is 3. The molecule has 1 aliphatic rings. The van der Waals surface area contributed by atoms with Crippen LogP contribution in [0.4, 0.5) is 10.5 Å². The minimum atomic E-state index is -3.59. The molecular formula is C17H17Cl2N3O3S. The van der Waals surface area contributed by atoms with Crippen LogP contribution in [0.15, 0.2) is 53.4 Å². The third kappa shape index (κ3) is 4.29. The quantitative estimate of drug-likeness (QED) is 0.836. The summed E-state index contributed by atoms with van der Waals surface area (Å²) in [7, 11) is -3.59. The van der Waals surface area contributed by atoms with Crippen molar-refractivity contribution in [3.63, 3.8) is 0 Å². The number of carbonyl (C=O) groups is 1. The Labute approximate surface area is 162 Å². The number of amides is 2. The normalized spacial score (nSPS) is 15.7. The number of nitrogens with zero attached hydrogens (tertiary/aromatic N) is 2. The third-order valence-corrected chi connectivity index (χ3v) is 6.49. The number of hydrogen-bond donors (Lipinski definition) is 1. The molecule has 1 heterocycles. The van der Waals surface area contributed by atoms with E-state index in [9.17, 15) is 13.2 Å². The molecule has 3 rings (SSSR count). The molecular weight excluding hydrogens is 397 g/mol. The van der Waals surface area contributed by atoms with Crippen LogP contribution in [0.2, 0.25) is 10.0 Å². The Balaban J connectivity index is 1.60. The topological polar surface area (TPSA) is 69.7 Å². The Hall–Kier alpha value is -1.80. The summed E-state index contributed by atoms with van der Waals surface area (Å²) in [6.45, 7) is 1.09. The molecule has 0 spiro atoms. The maximum Gasteiger partial charge on any atom is 0.321 e. The van der Waals surface area contributed by atoms with Gasteiger partial charge in [-0.25, -0.2) is 13.2 Å². The van der Waals surface area contributed by atoms with Gasteiger partial charge in [0.2, 0.25) is 10.0 Å². The molecule has 0 unspecified atom stereocenters. The van der Waals surface area contributed by atoms with Crippen LogP contribution < -0.4 is 5.32 Å². The van der Waals surface area contributed by atoms with E-state index in [1.807, 2.05) is 0 Å². The number of benzene rings is 2. The van der Waals surface area contributed by atoms with E-state index in [1.165, 1.54) is 16.4 Å². The molecule has 2 aromatic rings. The van der Waals surface area contributed by atoms with Gasteiger partial charge in [-0.05, 0) is 48.5 Å². The number of nitrogens with one attached hydrogen (secondary N) is 1. The zero-order valence-electron chi connectivity index (χ0n) is 13.7. The molecule has 0 aromatic heterocycles. The van der Waals surface area contributed by atoms with Crippen LogP contribution in [-0.2, 0) is 10.0 Å². The molecule has 26 heavy (non-hydrogen) atoms. The summed E-state index contributed by atoms with van der Waals surface area (Å²) >= 11 is 11.6. The fourth-order valence-electron chi connectivity index (χ4n) is 2.62. The largest absolute Gasteiger partial charge is 0.322 e. The number of carbonyl (C=O) groups excluding carboxylic acids is 1. The Morgan fingerprint density at radius 1 is 0.846 bits per heavy atom. The fourth-order valence-corrected chi connectivity index (χ4v) is 4.30. The zero-order chi connectivity index (χ0) is 18.7. The molecule has 1 saturated heterocycles. The molecule has 9 heteroatoms. The highest BCUT2D eigenvalue weighted by atomic mass is 35.5. The highest BCUT2D eigenvalue weighted by Crippen LogP contribution is 2.20. The highest BCUT2D eigenvalue weighted by Gasteiger charge is 2.30. The Morgan fingerprint density at radius 3 is 1.88 bits per heavy atom. The summed E-state index contributed by atoms with van der Waals surface area (Å²) in [6, 6.07) is 12.6. The molecule has 0 atom stereocenters. The first-order valence-corrected chi connectivity index (χ1v) is 10.1. The lowest BCUT2D eigenvalue weighted by Crippen LogP contribution is -2.51. The smallest absolute Gasteiger partial charge is 0.321 e. The Bertz CT molecular complexity index is 878. The van der Waals surface area contributed by atoms with Crippen molar-refractivity contribution < 1.29 is 13.2 Å². The molecule has 0 radical (unpaired) electrons. The van der Waals surface area contributed by atoms with E-state index in [4.69, 9.17) is 23.2 Å². The van der Waals surface area contributed by atoms with Gasteiger partial charge in [-0.15, -0.1) is 0 Å². The van der Waals surface area contributed by atoms with E-state index < -0.39 is 10.0 Å². The van der Waals surface area contributed by atoms with Crippen molar-refractivity contribution in [1.82, 2.24) is 9.21 Å². The SMILES string of the molecule is O=C(Nc1ccc(Cl)cc1)N1CCN(S(=O)(=O)c2ccc(Cl)cc2)CC1. The lowest BCUT2D eigenvalue weighted by Gasteiger charge is -2.34. The summed E-state index contributed by atoms with van der Waals surface area (Å²) < 4.78 is 26.7. The minimum Gasteiger partial charge on any atom is -0.322 e. The molecule has 0 saturated carbocycles. The third-order valence-electron chi connectivity index (χ3n) is 4.07. The van der Waals surface area contributed by atoms with Crippen molar-refractivity contribution >= 4 is 44.9 Å². The predicted molar refractivity (Wildman–Crippen MR) is 102 cm³/mol. The van der Waals surface area contributed by atoms with Gasteiger partial charge in [0.1, 0.15) is 0 Å². The van der Waals surface area contributed by atoms with Gasteiger partial charge in [0.25, 0.3) is 0 Å². The average Bonchev–Trinajstić information content (AvgIpc) is 2.64. The lowest BCUT2D eigenvalue weighted by molar-refractivity contribution is 0.184. The molecule has 1 fully saturated rings. The zero-order valence-corrected chi connectivity index (χ0v) is 16.1.